The highest BCUT2D eigenvalue weighted by Crippen LogP contribution is 2.30. The molecular weight excluding hydrogens is 322 g/mol. The van der Waals surface area contributed by atoms with Gasteiger partial charge in [-0.2, -0.15) is 0 Å². The number of hydrogen-bond acceptors (Lipinski definition) is 4. The van der Waals surface area contributed by atoms with E-state index in [1.54, 1.807) is 12.1 Å². The van der Waals surface area contributed by atoms with Crippen LogP contribution in [0.5, 0.6) is 0 Å². The van der Waals surface area contributed by atoms with Gasteiger partial charge in [-0.1, -0.05) is 30.4 Å². The van der Waals surface area contributed by atoms with E-state index in [1.807, 2.05) is 42.5 Å². The van der Waals surface area contributed by atoms with E-state index in [4.69, 9.17) is 5.73 Å². The van der Waals surface area contributed by atoms with Crippen LogP contribution in [0.4, 0.5) is 5.69 Å². The number of benzene rings is 2. The van der Waals surface area contributed by atoms with Gasteiger partial charge in [0.1, 0.15) is 5.84 Å². The molecule has 0 unspecified atom stereocenters. The molecular formula is C18H19N3O2S. The predicted molar refractivity (Wildman–Crippen MR) is 97.7 cm³/mol. The quantitative estimate of drug-likeness (QED) is 0.932. The van der Waals surface area contributed by atoms with Crippen LogP contribution in [0.3, 0.4) is 0 Å². The molecule has 5 nitrogen and oxygen atoms in total. The average molecular weight is 341 g/mol. The predicted octanol–water partition coefficient (Wildman–Crippen LogP) is 3.01. The van der Waals surface area contributed by atoms with Crippen molar-refractivity contribution in [1.82, 2.24) is 4.31 Å². The van der Waals surface area contributed by atoms with Gasteiger partial charge < -0.3 is 5.73 Å². The van der Waals surface area contributed by atoms with Crippen LogP contribution in [0, 0.1) is 0 Å². The lowest BCUT2D eigenvalue weighted by Crippen LogP contribution is -2.22. The first-order chi connectivity index (χ1) is 11.4. The molecule has 0 aromatic heterocycles. The van der Waals surface area contributed by atoms with Crippen molar-refractivity contribution in [2.75, 3.05) is 14.1 Å². The molecule has 0 amide bonds. The Morgan fingerprint density at radius 1 is 1.04 bits per heavy atom. The largest absolute Gasteiger partial charge is 0.387 e. The molecule has 3 rings (SSSR count). The summed E-state index contributed by atoms with van der Waals surface area (Å²) < 4.78 is 25.5. The van der Waals surface area contributed by atoms with Crippen molar-refractivity contribution in [2.24, 2.45) is 10.7 Å². The lowest BCUT2D eigenvalue weighted by atomic mass is 10.0. The van der Waals surface area contributed by atoms with Gasteiger partial charge in [0.2, 0.25) is 10.0 Å². The van der Waals surface area contributed by atoms with Crippen LogP contribution in [0.2, 0.25) is 0 Å². The van der Waals surface area contributed by atoms with E-state index < -0.39 is 10.0 Å². The lowest BCUT2D eigenvalue weighted by Gasteiger charge is -2.12. The number of rotatable bonds is 3. The Morgan fingerprint density at radius 2 is 1.71 bits per heavy atom. The molecule has 2 aromatic rings. The van der Waals surface area contributed by atoms with E-state index in [1.165, 1.54) is 18.4 Å². The Kier molecular flexibility index (Phi) is 4.26. The Labute approximate surface area is 142 Å². The molecule has 2 aromatic carbocycles. The summed E-state index contributed by atoms with van der Waals surface area (Å²) in [5.74, 6) is 0.594. The SMILES string of the molecule is CN(C)S(=O)(=O)c1ccc(-c2ccc3c(c2)C=CCC(N)=N3)cc1. The third-order valence-electron chi connectivity index (χ3n) is 3.88. The molecule has 2 N–H and O–H groups in total. The molecule has 0 saturated heterocycles. The second-order valence-electron chi connectivity index (χ2n) is 5.80. The number of nitrogens with zero attached hydrogens (tertiary/aromatic N) is 2. The summed E-state index contributed by atoms with van der Waals surface area (Å²) in [5, 5.41) is 0. The average Bonchev–Trinajstić information content (AvgIpc) is 2.74. The minimum absolute atomic E-state index is 0.281. The van der Waals surface area contributed by atoms with Crippen LogP contribution >= 0.6 is 0 Å². The van der Waals surface area contributed by atoms with E-state index in [2.05, 4.69) is 4.99 Å². The van der Waals surface area contributed by atoms with Crippen LogP contribution in [0.1, 0.15) is 12.0 Å². The van der Waals surface area contributed by atoms with Crippen molar-refractivity contribution in [3.05, 3.63) is 54.1 Å². The zero-order chi connectivity index (χ0) is 17.3. The lowest BCUT2D eigenvalue weighted by molar-refractivity contribution is 0.521. The van der Waals surface area contributed by atoms with Crippen LogP contribution < -0.4 is 5.73 Å². The number of nitrogens with two attached hydrogens (primary N) is 1. The Morgan fingerprint density at radius 3 is 2.38 bits per heavy atom. The van der Waals surface area contributed by atoms with Gasteiger partial charge in [-0.25, -0.2) is 17.7 Å². The fourth-order valence-electron chi connectivity index (χ4n) is 2.51. The molecule has 1 aliphatic heterocycles. The third kappa shape index (κ3) is 3.11. The maximum absolute atomic E-state index is 12.1. The Bertz CT molecular complexity index is 927. The van der Waals surface area contributed by atoms with Crippen molar-refractivity contribution in [3.63, 3.8) is 0 Å². The van der Waals surface area contributed by atoms with E-state index in [9.17, 15) is 8.42 Å². The summed E-state index contributed by atoms with van der Waals surface area (Å²) in [4.78, 5) is 4.67. The molecule has 0 aliphatic carbocycles. The topological polar surface area (TPSA) is 75.8 Å². The highest BCUT2D eigenvalue weighted by molar-refractivity contribution is 7.89. The van der Waals surface area contributed by atoms with E-state index in [0.717, 1.165) is 22.4 Å². The summed E-state index contributed by atoms with van der Waals surface area (Å²) in [6, 6.07) is 12.8. The molecule has 1 aliphatic rings. The summed E-state index contributed by atoms with van der Waals surface area (Å²) >= 11 is 0. The smallest absolute Gasteiger partial charge is 0.242 e. The molecule has 0 bridgehead atoms. The highest BCUT2D eigenvalue weighted by Gasteiger charge is 2.16. The van der Waals surface area contributed by atoms with Gasteiger partial charge >= 0.3 is 0 Å². The van der Waals surface area contributed by atoms with E-state index in [-0.39, 0.29) is 4.90 Å². The van der Waals surface area contributed by atoms with Gasteiger partial charge in [0.15, 0.2) is 0 Å². The summed E-state index contributed by atoms with van der Waals surface area (Å²) in [7, 11) is -0.366. The molecule has 0 saturated carbocycles. The third-order valence-corrected chi connectivity index (χ3v) is 5.71. The van der Waals surface area contributed by atoms with E-state index >= 15 is 0 Å². The Hall–Kier alpha value is -2.44. The minimum atomic E-state index is -3.41. The number of amidine groups is 1. The van der Waals surface area contributed by atoms with Crippen molar-refractivity contribution in [2.45, 2.75) is 11.3 Å². The summed E-state index contributed by atoms with van der Waals surface area (Å²) in [6.07, 6.45) is 4.63. The monoisotopic (exact) mass is 341 g/mol. The molecule has 0 fully saturated rings. The van der Waals surface area contributed by atoms with Crippen molar-refractivity contribution in [1.29, 1.82) is 0 Å². The summed E-state index contributed by atoms with van der Waals surface area (Å²) in [6.45, 7) is 0. The first kappa shape index (κ1) is 16.4. The second-order valence-corrected chi connectivity index (χ2v) is 7.95. The van der Waals surface area contributed by atoms with E-state index in [0.29, 0.717) is 12.3 Å². The fourth-order valence-corrected chi connectivity index (χ4v) is 3.41. The van der Waals surface area contributed by atoms with Gasteiger partial charge in [-0.15, -0.1) is 0 Å². The number of hydrogen-bond donors (Lipinski definition) is 1. The van der Waals surface area contributed by atoms with Crippen molar-refractivity contribution < 1.29 is 8.42 Å². The normalized spacial score (nSPS) is 14.2. The zero-order valence-corrected chi connectivity index (χ0v) is 14.4. The van der Waals surface area contributed by atoms with Gasteiger partial charge in [-0.3, -0.25) is 0 Å². The molecule has 124 valence electrons. The molecule has 0 spiro atoms. The first-order valence-electron chi connectivity index (χ1n) is 7.54. The minimum Gasteiger partial charge on any atom is -0.387 e. The van der Waals surface area contributed by atoms with Crippen LogP contribution in [-0.2, 0) is 10.0 Å². The maximum Gasteiger partial charge on any atom is 0.242 e. The number of sulfonamides is 1. The maximum atomic E-state index is 12.1. The van der Waals surface area contributed by atoms with Gasteiger partial charge in [0, 0.05) is 26.1 Å². The van der Waals surface area contributed by atoms with Crippen molar-refractivity contribution in [3.8, 4) is 11.1 Å². The molecule has 6 heteroatoms. The first-order valence-corrected chi connectivity index (χ1v) is 8.98. The molecule has 1 heterocycles. The van der Waals surface area contributed by atoms with Crippen LogP contribution in [0.15, 0.2) is 58.4 Å². The molecule has 0 atom stereocenters. The summed E-state index contributed by atoms with van der Waals surface area (Å²) in [5.41, 5.74) is 9.61. The fraction of sp³-hybridized carbons (Fsp3) is 0.167. The standard InChI is InChI=1S/C18H19N3O2S/c1-21(2)24(22,23)16-9-6-13(7-10-16)14-8-11-17-15(12-14)4-3-5-18(19)20-17/h3-4,6-12H,5H2,1-2H3,(H2,19,20). The van der Waals surface area contributed by atoms with Crippen LogP contribution in [0.25, 0.3) is 17.2 Å². The zero-order valence-electron chi connectivity index (χ0n) is 13.6. The van der Waals surface area contributed by atoms with Gasteiger partial charge in [-0.05, 0) is 35.4 Å². The highest BCUT2D eigenvalue weighted by atomic mass is 32.2. The Balaban J connectivity index is 1.98. The number of fused-ring (bicyclic) bond motifs is 1. The van der Waals surface area contributed by atoms with Crippen molar-refractivity contribution >= 4 is 27.6 Å². The number of aliphatic imine (C=N–C) groups is 1. The van der Waals surface area contributed by atoms with Crippen LogP contribution in [-0.4, -0.2) is 32.7 Å². The second kappa shape index (κ2) is 6.22. The molecule has 24 heavy (non-hydrogen) atoms. The van der Waals surface area contributed by atoms with Gasteiger partial charge in [0.05, 0.1) is 10.6 Å². The molecule has 0 radical (unpaired) electrons. The van der Waals surface area contributed by atoms with Gasteiger partial charge in [0.25, 0.3) is 0 Å².